The quantitative estimate of drug-likeness (QED) is 0.0228. The van der Waals surface area contributed by atoms with E-state index in [0.29, 0.717) is 19.3 Å². The lowest BCUT2D eigenvalue weighted by molar-refractivity contribution is -0.301. The molecule has 0 aromatic carbocycles. The van der Waals surface area contributed by atoms with E-state index in [0.717, 1.165) is 173 Å². The minimum absolute atomic E-state index is 0.0395. The number of ether oxygens (including phenoxy) is 5. The number of carboxylic acids is 1. The highest BCUT2D eigenvalue weighted by Crippen LogP contribution is 2.26. The van der Waals surface area contributed by atoms with Crippen LogP contribution in [0.5, 0.6) is 0 Å². The van der Waals surface area contributed by atoms with E-state index < -0.39 is 67.3 Å². The summed E-state index contributed by atoms with van der Waals surface area (Å²) in [6, 6.07) is 0. The number of carbonyl (C=O) groups is 4. The van der Waals surface area contributed by atoms with Gasteiger partial charge in [0.05, 0.1) is 6.61 Å². The molecular weight excluding hydrogens is 1070 g/mol. The van der Waals surface area contributed by atoms with Crippen molar-refractivity contribution in [3.8, 4) is 0 Å². The Morgan fingerprint density at radius 3 is 1.14 bits per heavy atom. The predicted octanol–water partition coefficient (Wildman–Crippen LogP) is 18.1. The van der Waals surface area contributed by atoms with Gasteiger partial charge in [-0.25, -0.2) is 4.79 Å². The van der Waals surface area contributed by atoms with Crippen LogP contribution in [0, 0.1) is 0 Å². The molecule has 1 fully saturated rings. The fourth-order valence-corrected chi connectivity index (χ4v) is 9.18. The Morgan fingerprint density at radius 1 is 0.400 bits per heavy atom. The van der Waals surface area contributed by atoms with E-state index >= 15 is 0 Å². The second-order valence-electron chi connectivity index (χ2n) is 22.0. The van der Waals surface area contributed by atoms with Gasteiger partial charge in [0.25, 0.3) is 0 Å². The number of hydrogen-bond donors (Lipinski definition) is 3. The zero-order chi connectivity index (χ0) is 61.7. The van der Waals surface area contributed by atoms with E-state index in [1.807, 2.05) is 0 Å². The monoisotopic (exact) mass is 1180 g/mol. The second kappa shape index (κ2) is 59.2. The normalized spacial score (nSPS) is 18.3. The van der Waals surface area contributed by atoms with Gasteiger partial charge in [-0.05, 0) is 135 Å². The van der Waals surface area contributed by atoms with E-state index in [1.165, 1.54) is 19.3 Å². The first kappa shape index (κ1) is 77.9. The van der Waals surface area contributed by atoms with Crippen molar-refractivity contribution in [3.05, 3.63) is 134 Å². The maximum atomic E-state index is 13.2. The molecular formula is C73H116O12. The van der Waals surface area contributed by atoms with Crippen molar-refractivity contribution >= 4 is 23.9 Å². The molecule has 12 nitrogen and oxygen atoms in total. The molecule has 1 rings (SSSR count). The molecule has 6 atom stereocenters. The Labute approximate surface area is 515 Å². The molecule has 12 heteroatoms. The summed E-state index contributed by atoms with van der Waals surface area (Å²) in [5.41, 5.74) is 0. The van der Waals surface area contributed by atoms with Crippen molar-refractivity contribution in [3.63, 3.8) is 0 Å². The van der Waals surface area contributed by atoms with Crippen LogP contribution < -0.4 is 0 Å². The number of esters is 3. The number of aliphatic hydroxyl groups excluding tert-OH is 2. The standard InChI is InChI=1S/C73H116O12/c1-4-7-10-13-16-19-22-25-28-31-33-36-38-41-44-47-50-53-56-59-65(74)81-62-64(83-66(75)60-57-54-51-48-45-42-40-37-34-32-29-26-23-20-17-14-11-8-5-2)63-82-73-71(69(78)68(77)70(85-73)72(79)80)84-67(76)61-58-55-52-49-46-43-39-35-30-27-24-21-18-15-12-9-6-3/h7-8,10-11,16-21,25-30,33-34,36-37,41,44,64,68-71,73,77-78H,4-6,9,12-15,22-24,31-32,35,38-40,42-43,45-63H2,1-3H3,(H,79,80)/b10-7-,11-8-,19-16-,20-17-,21-18-,28-25-,29-26-,30-27-,36-33-,37-34-,44-41-. The van der Waals surface area contributed by atoms with Crippen LogP contribution in [0.2, 0.25) is 0 Å². The molecule has 85 heavy (non-hydrogen) atoms. The van der Waals surface area contributed by atoms with Gasteiger partial charge in [0.15, 0.2) is 24.6 Å². The number of unbranched alkanes of at least 4 members (excludes halogenated alkanes) is 19. The topological polar surface area (TPSA) is 175 Å². The number of rotatable bonds is 55. The molecule has 3 N–H and O–H groups in total. The zero-order valence-electron chi connectivity index (χ0n) is 53.1. The number of carboxylic acid groups (broad SMARTS) is 1. The molecule has 480 valence electrons. The number of allylic oxidation sites excluding steroid dienone is 22. The Bertz CT molecular complexity index is 1990. The van der Waals surface area contributed by atoms with Gasteiger partial charge >= 0.3 is 23.9 Å². The molecule has 0 saturated carbocycles. The van der Waals surface area contributed by atoms with Crippen molar-refractivity contribution in [2.24, 2.45) is 0 Å². The number of hydrogen-bond acceptors (Lipinski definition) is 11. The molecule has 0 spiro atoms. The van der Waals surface area contributed by atoms with Crippen LogP contribution in [0.15, 0.2) is 134 Å². The maximum Gasteiger partial charge on any atom is 0.335 e. The van der Waals surface area contributed by atoms with Crippen molar-refractivity contribution in [1.82, 2.24) is 0 Å². The fraction of sp³-hybridized carbons (Fsp3) is 0.644. The number of aliphatic hydroxyl groups is 2. The van der Waals surface area contributed by atoms with Gasteiger partial charge in [-0.1, -0.05) is 231 Å². The van der Waals surface area contributed by atoms with Gasteiger partial charge in [-0.3, -0.25) is 14.4 Å². The highest BCUT2D eigenvalue weighted by atomic mass is 16.7. The third kappa shape index (κ3) is 48.6. The molecule has 0 aromatic rings. The van der Waals surface area contributed by atoms with Crippen LogP contribution in [-0.2, 0) is 42.9 Å². The van der Waals surface area contributed by atoms with Gasteiger partial charge in [0.1, 0.15) is 18.8 Å². The maximum absolute atomic E-state index is 13.2. The van der Waals surface area contributed by atoms with Crippen molar-refractivity contribution in [2.75, 3.05) is 13.2 Å². The van der Waals surface area contributed by atoms with E-state index in [-0.39, 0.29) is 25.9 Å². The van der Waals surface area contributed by atoms with Gasteiger partial charge < -0.3 is 39.0 Å². The van der Waals surface area contributed by atoms with Gasteiger partial charge in [-0.15, -0.1) is 0 Å². The first-order chi connectivity index (χ1) is 41.6. The van der Waals surface area contributed by atoms with Crippen LogP contribution in [0.4, 0.5) is 0 Å². The van der Waals surface area contributed by atoms with E-state index in [2.05, 4.69) is 154 Å². The molecule has 1 aliphatic rings. The zero-order valence-corrected chi connectivity index (χ0v) is 53.1. The lowest BCUT2D eigenvalue weighted by Gasteiger charge is -2.40. The fourth-order valence-electron chi connectivity index (χ4n) is 9.18. The highest BCUT2D eigenvalue weighted by molar-refractivity contribution is 5.74. The SMILES string of the molecule is CC/C=C\C/C=C\C/C=C\C/C=C\C/C=C\CCCCCC(=O)OCC(COC1OC(C(=O)O)C(O)C(O)C1OC(=O)CCCCCCCCC/C=C\C/C=C\CCCCC)OC(=O)CCCCCCCC/C=C\C/C=C\C/C=C\C/C=C\CC. The third-order valence-corrected chi connectivity index (χ3v) is 14.2. The summed E-state index contributed by atoms with van der Waals surface area (Å²) in [5, 5.41) is 31.6. The molecule has 0 amide bonds. The molecule has 0 radical (unpaired) electrons. The van der Waals surface area contributed by atoms with Crippen LogP contribution in [0.25, 0.3) is 0 Å². The molecule has 0 aromatic heterocycles. The van der Waals surface area contributed by atoms with Crippen LogP contribution in [0.1, 0.15) is 252 Å². The first-order valence-electron chi connectivity index (χ1n) is 33.2. The van der Waals surface area contributed by atoms with Crippen LogP contribution in [-0.4, -0.2) is 89.2 Å². The second-order valence-corrected chi connectivity index (χ2v) is 22.0. The van der Waals surface area contributed by atoms with E-state index in [4.69, 9.17) is 23.7 Å². The molecule has 6 unspecified atom stereocenters. The average molecular weight is 1190 g/mol. The summed E-state index contributed by atoms with van der Waals surface area (Å²) in [6.07, 6.45) is 71.1. The summed E-state index contributed by atoms with van der Waals surface area (Å²) in [4.78, 5) is 51.4. The summed E-state index contributed by atoms with van der Waals surface area (Å²) < 4.78 is 28.5. The van der Waals surface area contributed by atoms with Crippen LogP contribution >= 0.6 is 0 Å². The Hall–Kier alpha value is -5.14. The average Bonchev–Trinajstić information content (AvgIpc) is 3.46. The van der Waals surface area contributed by atoms with Gasteiger partial charge in [0, 0.05) is 19.3 Å². The molecule has 1 heterocycles. The largest absolute Gasteiger partial charge is 0.479 e. The molecule has 1 aliphatic heterocycles. The molecule has 1 saturated heterocycles. The van der Waals surface area contributed by atoms with Crippen LogP contribution in [0.3, 0.4) is 0 Å². The summed E-state index contributed by atoms with van der Waals surface area (Å²) in [7, 11) is 0. The minimum Gasteiger partial charge on any atom is -0.479 e. The summed E-state index contributed by atoms with van der Waals surface area (Å²) in [6.45, 7) is 5.71. The summed E-state index contributed by atoms with van der Waals surface area (Å²) in [5.74, 6) is -3.20. The lowest BCUT2D eigenvalue weighted by atomic mass is 9.98. The van der Waals surface area contributed by atoms with E-state index in [1.54, 1.807) is 0 Å². The van der Waals surface area contributed by atoms with Gasteiger partial charge in [-0.2, -0.15) is 0 Å². The minimum atomic E-state index is -1.92. The van der Waals surface area contributed by atoms with E-state index in [9.17, 15) is 34.5 Å². The Balaban J connectivity index is 2.71. The highest BCUT2D eigenvalue weighted by Gasteiger charge is 2.50. The lowest BCUT2D eigenvalue weighted by Crippen LogP contribution is -2.61. The smallest absolute Gasteiger partial charge is 0.335 e. The third-order valence-electron chi connectivity index (χ3n) is 14.2. The van der Waals surface area contributed by atoms with Crippen molar-refractivity contribution in [2.45, 2.75) is 289 Å². The Kier molecular flexibility index (Phi) is 54.2. The van der Waals surface area contributed by atoms with Gasteiger partial charge in [0.2, 0.25) is 0 Å². The summed E-state index contributed by atoms with van der Waals surface area (Å²) >= 11 is 0. The molecule has 0 aliphatic carbocycles. The molecule has 0 bridgehead atoms. The Morgan fingerprint density at radius 2 is 0.741 bits per heavy atom. The first-order valence-corrected chi connectivity index (χ1v) is 33.2. The van der Waals surface area contributed by atoms with Crippen molar-refractivity contribution < 1.29 is 58.2 Å². The number of aliphatic carboxylic acids is 1. The number of carbonyl (C=O) groups excluding carboxylic acids is 3. The predicted molar refractivity (Wildman–Crippen MR) is 349 cm³/mol. The van der Waals surface area contributed by atoms with Crippen molar-refractivity contribution in [1.29, 1.82) is 0 Å².